The molecule has 0 saturated heterocycles. The maximum Gasteiger partial charge on any atom is 0.407 e. The summed E-state index contributed by atoms with van der Waals surface area (Å²) in [6.45, 7) is 1.87. The van der Waals surface area contributed by atoms with Crippen LogP contribution in [-0.4, -0.2) is 41.9 Å². The molecule has 2 atom stereocenters. The Labute approximate surface area is 202 Å². The molecular weight excluding hydrogens is 444 g/mol. The predicted octanol–water partition coefficient (Wildman–Crippen LogP) is 5.27. The van der Waals surface area contributed by atoms with Crippen LogP contribution in [-0.2, 0) is 9.53 Å². The van der Waals surface area contributed by atoms with Gasteiger partial charge in [0.2, 0.25) is 0 Å². The first-order chi connectivity index (χ1) is 17.0. The zero-order chi connectivity index (χ0) is 24.5. The Morgan fingerprint density at radius 3 is 2.29 bits per heavy atom. The fraction of sp³-hybridized carbons (Fsp3) is 0.214. The quantitative estimate of drug-likeness (QED) is 0.342. The van der Waals surface area contributed by atoms with E-state index in [-0.39, 0.29) is 12.5 Å². The van der Waals surface area contributed by atoms with Gasteiger partial charge >= 0.3 is 12.1 Å². The number of aromatic amines is 1. The molecule has 0 spiro atoms. The second kappa shape index (κ2) is 9.18. The average Bonchev–Trinajstić information content (AvgIpc) is 3.45. The molecule has 1 aliphatic carbocycles. The first-order valence-corrected chi connectivity index (χ1v) is 11.5. The molecule has 3 N–H and O–H groups in total. The van der Waals surface area contributed by atoms with Crippen LogP contribution in [0, 0.1) is 0 Å². The van der Waals surface area contributed by atoms with Crippen LogP contribution in [0.2, 0.25) is 0 Å². The summed E-state index contributed by atoms with van der Waals surface area (Å²) in [6.07, 6.45) is 0.991. The first-order valence-electron chi connectivity index (χ1n) is 11.5. The number of amides is 1. The van der Waals surface area contributed by atoms with Gasteiger partial charge in [-0.3, -0.25) is 0 Å². The van der Waals surface area contributed by atoms with Gasteiger partial charge in [-0.2, -0.15) is 0 Å². The molecule has 178 valence electrons. The highest BCUT2D eigenvalue weighted by Gasteiger charge is 2.32. The molecule has 7 nitrogen and oxygen atoms in total. The Bertz CT molecular complexity index is 1360. The van der Waals surface area contributed by atoms with Crippen LogP contribution in [0.4, 0.5) is 4.79 Å². The molecule has 3 aromatic carbocycles. The predicted molar refractivity (Wildman–Crippen MR) is 133 cm³/mol. The zero-order valence-corrected chi connectivity index (χ0v) is 19.4. The number of carbonyl (C=O) groups is 2. The molecule has 0 fully saturated rings. The number of carboxylic acid groups (broad SMARTS) is 1. The fourth-order valence-electron chi connectivity index (χ4n) is 5.05. The molecule has 1 heterocycles. The van der Waals surface area contributed by atoms with E-state index in [0.29, 0.717) is 5.75 Å². The monoisotopic (exact) mass is 470 g/mol. The SMILES string of the molecule is COc1cccc2[nH]cc([C@H](C)[C@H](NC(=O)OCC3c4ccccc4-c4ccccc43)C(=O)O)c12. The molecule has 35 heavy (non-hydrogen) atoms. The molecule has 0 saturated carbocycles. The summed E-state index contributed by atoms with van der Waals surface area (Å²) in [6, 6.07) is 20.5. The molecule has 0 unspecified atom stereocenters. The summed E-state index contributed by atoms with van der Waals surface area (Å²) in [5.74, 6) is -1.16. The number of nitrogens with one attached hydrogen (secondary N) is 2. The summed E-state index contributed by atoms with van der Waals surface area (Å²) in [7, 11) is 1.57. The van der Waals surface area contributed by atoms with Gasteiger partial charge in [0.1, 0.15) is 18.4 Å². The van der Waals surface area contributed by atoms with Gasteiger partial charge in [-0.15, -0.1) is 0 Å². The van der Waals surface area contributed by atoms with Crippen molar-refractivity contribution in [1.82, 2.24) is 10.3 Å². The number of ether oxygens (including phenoxy) is 2. The van der Waals surface area contributed by atoms with Gasteiger partial charge in [-0.25, -0.2) is 9.59 Å². The lowest BCUT2D eigenvalue weighted by Gasteiger charge is -2.22. The van der Waals surface area contributed by atoms with E-state index in [2.05, 4.69) is 22.4 Å². The highest BCUT2D eigenvalue weighted by atomic mass is 16.5. The van der Waals surface area contributed by atoms with Crippen LogP contribution in [0.25, 0.3) is 22.0 Å². The number of carboxylic acids is 1. The van der Waals surface area contributed by atoms with E-state index >= 15 is 0 Å². The molecular formula is C28H26N2O5. The maximum atomic E-state index is 12.8. The topological polar surface area (TPSA) is 101 Å². The third-order valence-corrected chi connectivity index (χ3v) is 6.79. The zero-order valence-electron chi connectivity index (χ0n) is 19.4. The smallest absolute Gasteiger partial charge is 0.407 e. The van der Waals surface area contributed by atoms with E-state index < -0.39 is 24.0 Å². The Morgan fingerprint density at radius 2 is 1.66 bits per heavy atom. The van der Waals surface area contributed by atoms with Crippen molar-refractivity contribution in [2.45, 2.75) is 24.8 Å². The number of alkyl carbamates (subject to hydrolysis) is 1. The normalized spacial score (nSPS) is 14.1. The van der Waals surface area contributed by atoms with E-state index in [0.717, 1.165) is 38.7 Å². The van der Waals surface area contributed by atoms with Crippen LogP contribution >= 0.6 is 0 Å². The summed E-state index contributed by atoms with van der Waals surface area (Å²) < 4.78 is 11.0. The minimum absolute atomic E-state index is 0.105. The van der Waals surface area contributed by atoms with Crippen LogP contribution < -0.4 is 10.1 Å². The van der Waals surface area contributed by atoms with Crippen molar-refractivity contribution in [2.75, 3.05) is 13.7 Å². The second-order valence-electron chi connectivity index (χ2n) is 8.70. The molecule has 0 bridgehead atoms. The molecule has 0 radical (unpaired) electrons. The Morgan fingerprint density at radius 1 is 1.00 bits per heavy atom. The Kier molecular flexibility index (Phi) is 5.91. The van der Waals surface area contributed by atoms with Crippen LogP contribution in [0.5, 0.6) is 5.75 Å². The van der Waals surface area contributed by atoms with Crippen molar-refractivity contribution < 1.29 is 24.2 Å². The lowest BCUT2D eigenvalue weighted by atomic mass is 9.92. The van der Waals surface area contributed by atoms with Gasteiger partial charge in [-0.1, -0.05) is 61.5 Å². The van der Waals surface area contributed by atoms with Crippen LogP contribution in [0.15, 0.2) is 72.9 Å². The van der Waals surface area contributed by atoms with Gasteiger partial charge in [0.25, 0.3) is 0 Å². The molecule has 4 aromatic rings. The maximum absolute atomic E-state index is 12.8. The number of aromatic nitrogens is 1. The molecule has 1 aliphatic rings. The lowest BCUT2D eigenvalue weighted by molar-refractivity contribution is -0.139. The molecule has 0 aliphatic heterocycles. The van der Waals surface area contributed by atoms with Crippen molar-refractivity contribution in [3.63, 3.8) is 0 Å². The summed E-state index contributed by atoms with van der Waals surface area (Å²) >= 11 is 0. The van der Waals surface area contributed by atoms with E-state index in [9.17, 15) is 14.7 Å². The van der Waals surface area contributed by atoms with Crippen molar-refractivity contribution in [1.29, 1.82) is 0 Å². The Balaban J connectivity index is 1.33. The number of fused-ring (bicyclic) bond motifs is 4. The lowest BCUT2D eigenvalue weighted by Crippen LogP contribution is -2.44. The van der Waals surface area contributed by atoms with Gasteiger partial charge in [0.15, 0.2) is 0 Å². The van der Waals surface area contributed by atoms with E-state index in [4.69, 9.17) is 9.47 Å². The van der Waals surface area contributed by atoms with Crippen molar-refractivity contribution >= 4 is 23.0 Å². The Hall–Kier alpha value is -4.26. The molecule has 5 rings (SSSR count). The minimum Gasteiger partial charge on any atom is -0.496 e. The van der Waals surface area contributed by atoms with Crippen molar-refractivity contribution in [3.8, 4) is 16.9 Å². The summed E-state index contributed by atoms with van der Waals surface area (Å²) in [5, 5.41) is 13.3. The number of methoxy groups -OCH3 is 1. The number of aliphatic carboxylic acids is 1. The minimum atomic E-state index is -1.19. The number of carbonyl (C=O) groups excluding carboxylic acids is 1. The van der Waals surface area contributed by atoms with Gasteiger partial charge < -0.3 is 24.9 Å². The standard InChI is InChI=1S/C28H26N2O5/c1-16(21-14-29-23-12-7-13-24(34-2)25(21)23)26(27(31)32)30-28(33)35-15-22-19-10-5-3-8-17(19)18-9-4-6-11-20(18)22/h3-14,16,22,26,29H,15H2,1-2H3,(H,30,33)(H,31,32)/t16-,26-/m0/s1. The van der Waals surface area contributed by atoms with E-state index in [1.807, 2.05) is 54.6 Å². The number of hydrogen-bond acceptors (Lipinski definition) is 4. The van der Waals surface area contributed by atoms with Gasteiger partial charge in [0.05, 0.1) is 7.11 Å². The highest BCUT2D eigenvalue weighted by molar-refractivity contribution is 5.91. The van der Waals surface area contributed by atoms with Crippen LogP contribution in [0.1, 0.15) is 35.4 Å². The number of H-pyrrole nitrogens is 1. The summed E-state index contributed by atoms with van der Waals surface area (Å²) in [5.41, 5.74) is 6.01. The molecule has 1 aromatic heterocycles. The average molecular weight is 471 g/mol. The molecule has 1 amide bonds. The van der Waals surface area contributed by atoms with Crippen molar-refractivity contribution in [3.05, 3.63) is 89.6 Å². The number of rotatable bonds is 7. The summed E-state index contributed by atoms with van der Waals surface area (Å²) in [4.78, 5) is 28.1. The molecule has 7 heteroatoms. The van der Waals surface area contributed by atoms with E-state index in [1.165, 1.54) is 0 Å². The third-order valence-electron chi connectivity index (χ3n) is 6.79. The van der Waals surface area contributed by atoms with E-state index in [1.54, 1.807) is 20.2 Å². The second-order valence-corrected chi connectivity index (χ2v) is 8.70. The van der Waals surface area contributed by atoms with Crippen LogP contribution in [0.3, 0.4) is 0 Å². The van der Waals surface area contributed by atoms with Crippen molar-refractivity contribution in [2.24, 2.45) is 0 Å². The van der Waals surface area contributed by atoms with Gasteiger partial charge in [-0.05, 0) is 39.9 Å². The highest BCUT2D eigenvalue weighted by Crippen LogP contribution is 2.44. The first kappa shape index (κ1) is 22.5. The number of benzene rings is 3. The number of hydrogen-bond donors (Lipinski definition) is 3. The van der Waals surface area contributed by atoms with Gasteiger partial charge in [0, 0.05) is 28.9 Å². The third kappa shape index (κ3) is 3.99. The largest absolute Gasteiger partial charge is 0.496 e. The fourth-order valence-corrected chi connectivity index (χ4v) is 5.05.